The van der Waals surface area contributed by atoms with E-state index in [1.807, 2.05) is 31.2 Å². The second kappa shape index (κ2) is 5.24. The summed E-state index contributed by atoms with van der Waals surface area (Å²) in [7, 11) is 1.62. The van der Waals surface area contributed by atoms with Gasteiger partial charge in [0.05, 0.1) is 12.8 Å². The first kappa shape index (κ1) is 13.3. The number of rotatable bonds is 3. The standard InChI is InChI=1S/C14H17N3O2/c1-9-8-13(18)14(10(2)15)16-17(9)11-4-6-12(19-3)7-5-11/h4-8,10H,15H2,1-3H3. The molecule has 0 saturated heterocycles. The average molecular weight is 259 g/mol. The molecule has 1 unspecified atom stereocenters. The minimum atomic E-state index is -0.391. The SMILES string of the molecule is COc1ccc(-n2nc(C(C)N)c(=O)cc2C)cc1. The van der Waals surface area contributed by atoms with Gasteiger partial charge in [0.25, 0.3) is 0 Å². The zero-order chi connectivity index (χ0) is 14.0. The van der Waals surface area contributed by atoms with Gasteiger partial charge in [-0.2, -0.15) is 5.10 Å². The Morgan fingerprint density at radius 3 is 2.47 bits per heavy atom. The van der Waals surface area contributed by atoms with E-state index in [2.05, 4.69) is 5.10 Å². The number of aromatic nitrogens is 2. The lowest BCUT2D eigenvalue weighted by Crippen LogP contribution is -2.24. The van der Waals surface area contributed by atoms with Gasteiger partial charge >= 0.3 is 0 Å². The molecule has 0 aliphatic heterocycles. The van der Waals surface area contributed by atoms with Crippen LogP contribution in [0.15, 0.2) is 35.1 Å². The van der Waals surface area contributed by atoms with Crippen molar-refractivity contribution in [1.82, 2.24) is 9.78 Å². The van der Waals surface area contributed by atoms with Gasteiger partial charge in [0.1, 0.15) is 11.4 Å². The normalized spacial score (nSPS) is 12.2. The predicted molar refractivity (Wildman–Crippen MR) is 73.7 cm³/mol. The van der Waals surface area contributed by atoms with E-state index >= 15 is 0 Å². The van der Waals surface area contributed by atoms with Crippen molar-refractivity contribution in [3.8, 4) is 11.4 Å². The largest absolute Gasteiger partial charge is 0.497 e. The average Bonchev–Trinajstić information content (AvgIpc) is 2.38. The van der Waals surface area contributed by atoms with Crippen LogP contribution in [-0.4, -0.2) is 16.9 Å². The molecule has 19 heavy (non-hydrogen) atoms. The van der Waals surface area contributed by atoms with Crippen molar-refractivity contribution >= 4 is 0 Å². The molecule has 1 aromatic carbocycles. The Bertz CT molecular complexity index is 630. The van der Waals surface area contributed by atoms with E-state index in [9.17, 15) is 4.79 Å². The fourth-order valence-corrected chi connectivity index (χ4v) is 1.86. The van der Waals surface area contributed by atoms with Gasteiger partial charge in [-0.3, -0.25) is 4.79 Å². The molecular weight excluding hydrogens is 242 g/mol. The smallest absolute Gasteiger partial charge is 0.205 e. The predicted octanol–water partition coefficient (Wildman–Crippen LogP) is 1.57. The summed E-state index contributed by atoms with van der Waals surface area (Å²) in [5.41, 5.74) is 7.62. The van der Waals surface area contributed by atoms with Crippen LogP contribution in [0.1, 0.15) is 24.4 Å². The lowest BCUT2D eigenvalue weighted by Gasteiger charge is -2.13. The Morgan fingerprint density at radius 2 is 1.95 bits per heavy atom. The molecule has 0 aliphatic rings. The third-order valence-corrected chi connectivity index (χ3v) is 2.88. The van der Waals surface area contributed by atoms with Gasteiger partial charge in [0.2, 0.25) is 5.43 Å². The van der Waals surface area contributed by atoms with E-state index in [1.54, 1.807) is 24.8 Å². The third-order valence-electron chi connectivity index (χ3n) is 2.88. The maximum absolute atomic E-state index is 11.8. The molecule has 0 spiro atoms. The highest BCUT2D eigenvalue weighted by atomic mass is 16.5. The summed E-state index contributed by atoms with van der Waals surface area (Å²) in [5.74, 6) is 0.773. The van der Waals surface area contributed by atoms with Crippen LogP contribution in [-0.2, 0) is 0 Å². The number of ether oxygens (including phenoxy) is 1. The van der Waals surface area contributed by atoms with Gasteiger partial charge in [-0.25, -0.2) is 4.68 Å². The monoisotopic (exact) mass is 259 g/mol. The van der Waals surface area contributed by atoms with Gasteiger partial charge in [-0.15, -0.1) is 0 Å². The lowest BCUT2D eigenvalue weighted by atomic mass is 10.2. The first-order valence-corrected chi connectivity index (χ1v) is 6.04. The maximum Gasteiger partial charge on any atom is 0.205 e. The van der Waals surface area contributed by atoms with Gasteiger partial charge in [0, 0.05) is 17.8 Å². The Balaban J connectivity index is 2.54. The van der Waals surface area contributed by atoms with Gasteiger partial charge in [0.15, 0.2) is 0 Å². The highest BCUT2D eigenvalue weighted by Crippen LogP contribution is 2.15. The van der Waals surface area contributed by atoms with Crippen LogP contribution in [0.25, 0.3) is 5.69 Å². The Morgan fingerprint density at radius 1 is 1.32 bits per heavy atom. The fraction of sp³-hybridized carbons (Fsp3) is 0.286. The molecule has 0 fully saturated rings. The first-order chi connectivity index (χ1) is 9.02. The summed E-state index contributed by atoms with van der Waals surface area (Å²) in [5, 5.41) is 4.34. The van der Waals surface area contributed by atoms with Crippen LogP contribution >= 0.6 is 0 Å². The van der Waals surface area contributed by atoms with E-state index in [0.29, 0.717) is 5.69 Å². The fourth-order valence-electron chi connectivity index (χ4n) is 1.86. The molecule has 0 amide bonds. The molecule has 0 saturated carbocycles. The summed E-state index contributed by atoms with van der Waals surface area (Å²) in [6.07, 6.45) is 0. The van der Waals surface area contributed by atoms with E-state index in [4.69, 9.17) is 10.5 Å². The number of benzene rings is 1. The van der Waals surface area contributed by atoms with Gasteiger partial charge < -0.3 is 10.5 Å². The van der Waals surface area contributed by atoms with E-state index in [0.717, 1.165) is 17.1 Å². The highest BCUT2D eigenvalue weighted by molar-refractivity contribution is 5.38. The van der Waals surface area contributed by atoms with E-state index in [-0.39, 0.29) is 5.43 Å². The number of hydrogen-bond acceptors (Lipinski definition) is 4. The van der Waals surface area contributed by atoms with Crippen molar-refractivity contribution in [3.05, 3.63) is 51.9 Å². The van der Waals surface area contributed by atoms with Crippen molar-refractivity contribution in [1.29, 1.82) is 0 Å². The molecule has 0 aliphatic carbocycles. The summed E-state index contributed by atoms with van der Waals surface area (Å²) in [4.78, 5) is 11.8. The molecule has 0 bridgehead atoms. The van der Waals surface area contributed by atoms with Crippen molar-refractivity contribution in [2.75, 3.05) is 7.11 Å². The molecule has 5 heteroatoms. The van der Waals surface area contributed by atoms with E-state index in [1.165, 1.54) is 0 Å². The molecule has 2 aromatic rings. The molecule has 1 atom stereocenters. The second-order valence-electron chi connectivity index (χ2n) is 4.43. The topological polar surface area (TPSA) is 70.1 Å². The maximum atomic E-state index is 11.8. The number of methoxy groups -OCH3 is 1. The quantitative estimate of drug-likeness (QED) is 0.908. The Kier molecular flexibility index (Phi) is 3.66. The number of hydrogen-bond donors (Lipinski definition) is 1. The van der Waals surface area contributed by atoms with Crippen molar-refractivity contribution in [3.63, 3.8) is 0 Å². The number of nitrogens with two attached hydrogens (primary N) is 1. The molecule has 2 rings (SSSR count). The minimum absolute atomic E-state index is 0.128. The Hall–Kier alpha value is -2.14. The summed E-state index contributed by atoms with van der Waals surface area (Å²) in [6, 6.07) is 8.62. The van der Waals surface area contributed by atoms with Crippen molar-refractivity contribution in [2.45, 2.75) is 19.9 Å². The molecule has 0 radical (unpaired) electrons. The minimum Gasteiger partial charge on any atom is -0.497 e. The molecule has 1 heterocycles. The van der Waals surface area contributed by atoms with Crippen LogP contribution < -0.4 is 15.9 Å². The molecule has 2 N–H and O–H groups in total. The van der Waals surface area contributed by atoms with Crippen LogP contribution in [0, 0.1) is 6.92 Å². The summed E-state index contributed by atoms with van der Waals surface area (Å²) in [6.45, 7) is 3.58. The first-order valence-electron chi connectivity index (χ1n) is 6.04. The lowest BCUT2D eigenvalue weighted by molar-refractivity contribution is 0.414. The van der Waals surface area contributed by atoms with Crippen LogP contribution in [0.2, 0.25) is 0 Å². The number of nitrogens with zero attached hydrogens (tertiary/aromatic N) is 2. The molecular formula is C14H17N3O2. The summed E-state index contributed by atoms with van der Waals surface area (Å²) >= 11 is 0. The second-order valence-corrected chi connectivity index (χ2v) is 4.43. The zero-order valence-corrected chi connectivity index (χ0v) is 11.3. The van der Waals surface area contributed by atoms with Crippen LogP contribution in [0.5, 0.6) is 5.75 Å². The Labute approximate surface area is 111 Å². The molecule has 1 aromatic heterocycles. The van der Waals surface area contributed by atoms with Crippen molar-refractivity contribution < 1.29 is 4.74 Å². The number of aryl methyl sites for hydroxylation is 1. The van der Waals surface area contributed by atoms with Crippen LogP contribution in [0.3, 0.4) is 0 Å². The third kappa shape index (κ3) is 2.66. The van der Waals surface area contributed by atoms with Crippen LogP contribution in [0.4, 0.5) is 0 Å². The molecule has 5 nitrogen and oxygen atoms in total. The van der Waals surface area contributed by atoms with Crippen molar-refractivity contribution in [2.24, 2.45) is 5.73 Å². The highest BCUT2D eigenvalue weighted by Gasteiger charge is 2.10. The molecule has 100 valence electrons. The van der Waals surface area contributed by atoms with Gasteiger partial charge in [-0.1, -0.05) is 0 Å². The summed E-state index contributed by atoms with van der Waals surface area (Å²) < 4.78 is 6.82. The van der Waals surface area contributed by atoms with E-state index < -0.39 is 6.04 Å². The van der Waals surface area contributed by atoms with Gasteiger partial charge in [-0.05, 0) is 38.1 Å². The zero-order valence-electron chi connectivity index (χ0n) is 11.3.